The van der Waals surface area contributed by atoms with Crippen molar-refractivity contribution in [2.75, 3.05) is 21.2 Å². The van der Waals surface area contributed by atoms with Gasteiger partial charge >= 0.3 is 5.97 Å². The Kier molecular flexibility index (Phi) is 4.83. The van der Waals surface area contributed by atoms with Gasteiger partial charge in [-0.25, -0.2) is 4.79 Å². The molecule has 0 N–H and O–H groups in total. The predicted molar refractivity (Wildman–Crippen MR) is 101 cm³/mol. The maximum Gasteiger partial charge on any atom is 0.338 e. The Balaban J connectivity index is 1.94. The van der Waals surface area contributed by atoms with Gasteiger partial charge in [-0.2, -0.15) is 0 Å². The van der Waals surface area contributed by atoms with Crippen LogP contribution in [0.3, 0.4) is 0 Å². The highest BCUT2D eigenvalue weighted by molar-refractivity contribution is 5.94. The van der Waals surface area contributed by atoms with Crippen molar-refractivity contribution in [3.63, 3.8) is 0 Å². The van der Waals surface area contributed by atoms with Crippen LogP contribution in [0, 0.1) is 0 Å². The number of fused-ring (bicyclic) bond motifs is 1. The molecular formula is C21H23NO5. The summed E-state index contributed by atoms with van der Waals surface area (Å²) in [6, 6.07) is 10.2. The van der Waals surface area contributed by atoms with E-state index in [9.17, 15) is 9.59 Å². The first-order valence-electron chi connectivity index (χ1n) is 8.64. The lowest BCUT2D eigenvalue weighted by Crippen LogP contribution is -2.24. The fourth-order valence-corrected chi connectivity index (χ4v) is 3.02. The summed E-state index contributed by atoms with van der Waals surface area (Å²) in [5.74, 6) is 1.20. The van der Waals surface area contributed by atoms with E-state index in [0.717, 1.165) is 5.56 Å². The van der Waals surface area contributed by atoms with E-state index in [1.807, 2.05) is 13.8 Å². The lowest BCUT2D eigenvalue weighted by Gasteiger charge is -2.16. The second-order valence-corrected chi connectivity index (χ2v) is 7.31. The van der Waals surface area contributed by atoms with E-state index in [2.05, 4.69) is 0 Å². The van der Waals surface area contributed by atoms with Gasteiger partial charge in [0.1, 0.15) is 22.8 Å². The van der Waals surface area contributed by atoms with E-state index < -0.39 is 5.97 Å². The topological polar surface area (TPSA) is 65.1 Å². The summed E-state index contributed by atoms with van der Waals surface area (Å²) in [4.78, 5) is 25.5. The third-order valence-corrected chi connectivity index (χ3v) is 4.31. The molecule has 27 heavy (non-hydrogen) atoms. The van der Waals surface area contributed by atoms with E-state index in [0.29, 0.717) is 34.8 Å². The highest BCUT2D eigenvalue weighted by atomic mass is 16.5. The third-order valence-electron chi connectivity index (χ3n) is 4.31. The largest absolute Gasteiger partial charge is 0.487 e. The number of carbonyl (C=O) groups is 2. The quantitative estimate of drug-likeness (QED) is 0.769. The molecule has 142 valence electrons. The first-order valence-corrected chi connectivity index (χ1v) is 8.64. The Bertz CT molecular complexity index is 884. The second kappa shape index (κ2) is 6.95. The zero-order valence-corrected chi connectivity index (χ0v) is 16.2. The SMILES string of the molecule is COC(=O)c1cc(Oc2ccc(C(=O)N(C)C)cc2)c2c(c1)OC(C)(C)C2. The molecule has 3 rings (SSSR count). The van der Waals surface area contributed by atoms with Gasteiger partial charge in [0.15, 0.2) is 0 Å². The van der Waals surface area contributed by atoms with Gasteiger partial charge in [-0.1, -0.05) is 0 Å². The molecule has 1 aliphatic heterocycles. The van der Waals surface area contributed by atoms with Crippen LogP contribution in [0.5, 0.6) is 17.2 Å². The average Bonchev–Trinajstić information content (AvgIpc) is 2.95. The molecular weight excluding hydrogens is 346 g/mol. The summed E-state index contributed by atoms with van der Waals surface area (Å²) < 4.78 is 16.8. The molecule has 0 unspecified atom stereocenters. The maximum atomic E-state index is 12.0. The van der Waals surface area contributed by atoms with E-state index in [1.54, 1.807) is 50.5 Å². The van der Waals surface area contributed by atoms with Crippen molar-refractivity contribution in [2.24, 2.45) is 0 Å². The molecule has 6 heteroatoms. The number of rotatable bonds is 4. The lowest BCUT2D eigenvalue weighted by molar-refractivity contribution is 0.0599. The smallest absolute Gasteiger partial charge is 0.338 e. The van der Waals surface area contributed by atoms with E-state index >= 15 is 0 Å². The summed E-state index contributed by atoms with van der Waals surface area (Å²) in [5, 5.41) is 0. The fraction of sp³-hybridized carbons (Fsp3) is 0.333. The lowest BCUT2D eigenvalue weighted by atomic mass is 10.00. The molecule has 0 atom stereocenters. The number of hydrogen-bond acceptors (Lipinski definition) is 5. The number of amides is 1. The van der Waals surface area contributed by atoms with Crippen molar-refractivity contribution < 1.29 is 23.8 Å². The van der Waals surface area contributed by atoms with Crippen LogP contribution in [0.2, 0.25) is 0 Å². The fourth-order valence-electron chi connectivity index (χ4n) is 3.02. The minimum Gasteiger partial charge on any atom is -0.487 e. The molecule has 0 radical (unpaired) electrons. The molecule has 2 aromatic carbocycles. The van der Waals surface area contributed by atoms with Gasteiger partial charge in [0.2, 0.25) is 0 Å². The summed E-state index contributed by atoms with van der Waals surface area (Å²) in [7, 11) is 4.74. The van der Waals surface area contributed by atoms with Gasteiger partial charge in [-0.05, 0) is 50.2 Å². The van der Waals surface area contributed by atoms with Gasteiger partial charge in [0.25, 0.3) is 5.91 Å². The van der Waals surface area contributed by atoms with Crippen LogP contribution in [-0.2, 0) is 11.2 Å². The molecule has 0 saturated heterocycles. The van der Waals surface area contributed by atoms with Crippen molar-refractivity contribution in [3.05, 3.63) is 53.1 Å². The first-order chi connectivity index (χ1) is 12.7. The number of esters is 1. The minimum absolute atomic E-state index is 0.0784. The number of hydrogen-bond donors (Lipinski definition) is 0. The van der Waals surface area contributed by atoms with Crippen LogP contribution in [0.25, 0.3) is 0 Å². The molecule has 1 aliphatic rings. The molecule has 1 amide bonds. The van der Waals surface area contributed by atoms with E-state index in [1.165, 1.54) is 12.0 Å². The number of methoxy groups -OCH3 is 1. The Morgan fingerprint density at radius 3 is 2.33 bits per heavy atom. The molecule has 0 aliphatic carbocycles. The molecule has 0 bridgehead atoms. The van der Waals surface area contributed by atoms with Crippen LogP contribution in [0.4, 0.5) is 0 Å². The van der Waals surface area contributed by atoms with Crippen LogP contribution in [0.1, 0.15) is 40.1 Å². The summed E-state index contributed by atoms with van der Waals surface area (Å²) in [6.45, 7) is 3.96. The van der Waals surface area contributed by atoms with Crippen LogP contribution in [0.15, 0.2) is 36.4 Å². The van der Waals surface area contributed by atoms with Crippen molar-refractivity contribution >= 4 is 11.9 Å². The average molecular weight is 369 g/mol. The maximum absolute atomic E-state index is 12.0. The third kappa shape index (κ3) is 3.89. The Labute approximate surface area is 158 Å². The van der Waals surface area contributed by atoms with E-state index in [-0.39, 0.29) is 11.5 Å². The van der Waals surface area contributed by atoms with Crippen molar-refractivity contribution in [2.45, 2.75) is 25.9 Å². The molecule has 1 heterocycles. The molecule has 0 aromatic heterocycles. The van der Waals surface area contributed by atoms with Gasteiger partial charge in [0, 0.05) is 31.6 Å². The number of benzene rings is 2. The highest BCUT2D eigenvalue weighted by Gasteiger charge is 2.34. The van der Waals surface area contributed by atoms with Gasteiger partial charge in [-0.15, -0.1) is 0 Å². The van der Waals surface area contributed by atoms with Crippen LogP contribution < -0.4 is 9.47 Å². The second-order valence-electron chi connectivity index (χ2n) is 7.31. The molecule has 0 fully saturated rings. The normalized spacial score (nSPS) is 14.1. The molecule has 6 nitrogen and oxygen atoms in total. The number of nitrogens with zero attached hydrogens (tertiary/aromatic N) is 1. The minimum atomic E-state index is -0.456. The Hall–Kier alpha value is -3.02. The van der Waals surface area contributed by atoms with Gasteiger partial charge in [-0.3, -0.25) is 4.79 Å². The standard InChI is InChI=1S/C21H23NO5/c1-21(2)12-16-17(10-14(20(24)25-5)11-18(16)27-21)26-15-8-6-13(7-9-15)19(23)22(3)4/h6-11H,12H2,1-5H3. The van der Waals surface area contributed by atoms with Crippen LogP contribution in [-0.4, -0.2) is 43.6 Å². The summed E-state index contributed by atoms with van der Waals surface area (Å²) in [5.41, 5.74) is 1.46. The zero-order valence-electron chi connectivity index (χ0n) is 16.2. The molecule has 0 spiro atoms. The van der Waals surface area contributed by atoms with Crippen molar-refractivity contribution in [3.8, 4) is 17.2 Å². The molecule has 2 aromatic rings. The summed E-state index contributed by atoms with van der Waals surface area (Å²) in [6.07, 6.45) is 0.663. The van der Waals surface area contributed by atoms with Gasteiger partial charge < -0.3 is 19.1 Å². The van der Waals surface area contributed by atoms with Crippen molar-refractivity contribution in [1.82, 2.24) is 4.90 Å². The summed E-state index contributed by atoms with van der Waals surface area (Å²) >= 11 is 0. The monoisotopic (exact) mass is 369 g/mol. The molecule has 0 saturated carbocycles. The number of carbonyl (C=O) groups excluding carboxylic acids is 2. The van der Waals surface area contributed by atoms with Crippen molar-refractivity contribution in [1.29, 1.82) is 0 Å². The van der Waals surface area contributed by atoms with Crippen LogP contribution >= 0.6 is 0 Å². The van der Waals surface area contributed by atoms with Gasteiger partial charge in [0.05, 0.1) is 12.7 Å². The highest BCUT2D eigenvalue weighted by Crippen LogP contribution is 2.43. The first kappa shape index (κ1) is 18.8. The predicted octanol–water partition coefficient (Wildman–Crippen LogP) is 3.68. The zero-order chi connectivity index (χ0) is 19.8. The Morgan fingerprint density at radius 1 is 1.07 bits per heavy atom. The van der Waals surface area contributed by atoms with E-state index in [4.69, 9.17) is 14.2 Å². The number of ether oxygens (including phenoxy) is 3. The Morgan fingerprint density at radius 2 is 1.74 bits per heavy atom.